The maximum absolute atomic E-state index is 14.2. The molecule has 0 amide bonds. The number of aryl methyl sites for hydroxylation is 2. The van der Waals surface area contributed by atoms with Crippen LogP contribution in [0.25, 0.3) is 27.9 Å². The van der Waals surface area contributed by atoms with Gasteiger partial charge in [-0.2, -0.15) is 4.52 Å². The molecule has 0 bridgehead atoms. The molecular formula is C27H25ClN6O3. The number of ether oxygens (including phenoxy) is 1. The minimum Gasteiger partial charge on any atom is -0.467 e. The van der Waals surface area contributed by atoms with Gasteiger partial charge in [-0.05, 0) is 36.6 Å². The van der Waals surface area contributed by atoms with Gasteiger partial charge in [-0.15, -0.1) is 5.10 Å². The third kappa shape index (κ3) is 4.53. The van der Waals surface area contributed by atoms with Crippen LogP contribution in [0.1, 0.15) is 24.5 Å². The highest BCUT2D eigenvalue weighted by Crippen LogP contribution is 2.32. The first kappa shape index (κ1) is 24.5. The minimum atomic E-state index is -0.389. The lowest BCUT2D eigenvalue weighted by molar-refractivity contribution is 0.380. The molecule has 10 heteroatoms. The Morgan fingerprint density at radius 3 is 2.22 bits per heavy atom. The van der Waals surface area contributed by atoms with Crippen molar-refractivity contribution in [2.24, 2.45) is 0 Å². The number of fused-ring (bicyclic) bond motifs is 1. The number of methoxy groups -OCH3 is 1. The number of hydrogen-bond acceptors (Lipinski definition) is 6. The van der Waals surface area contributed by atoms with Gasteiger partial charge in [-0.25, -0.2) is 24.1 Å². The van der Waals surface area contributed by atoms with Crippen LogP contribution < -0.4 is 16.0 Å². The van der Waals surface area contributed by atoms with E-state index < -0.39 is 0 Å². The van der Waals surface area contributed by atoms with Crippen LogP contribution in [0.5, 0.6) is 6.01 Å². The second-order valence-electron chi connectivity index (χ2n) is 8.70. The summed E-state index contributed by atoms with van der Waals surface area (Å²) in [5.41, 5.74) is 3.59. The number of aromatic nitrogens is 6. The number of rotatable bonds is 7. The van der Waals surface area contributed by atoms with Gasteiger partial charge in [0.1, 0.15) is 0 Å². The molecule has 0 spiro atoms. The Kier molecular flexibility index (Phi) is 6.62. The Morgan fingerprint density at radius 1 is 0.919 bits per heavy atom. The Hall–Kier alpha value is -4.24. The summed E-state index contributed by atoms with van der Waals surface area (Å²) in [5.74, 6) is 0. The van der Waals surface area contributed by atoms with Crippen molar-refractivity contribution < 1.29 is 4.74 Å². The lowest BCUT2D eigenvalue weighted by Gasteiger charge is -2.16. The summed E-state index contributed by atoms with van der Waals surface area (Å²) in [6.45, 7) is 4.56. The van der Waals surface area contributed by atoms with Crippen LogP contribution in [0.4, 0.5) is 0 Å². The fourth-order valence-corrected chi connectivity index (χ4v) is 4.41. The van der Waals surface area contributed by atoms with Gasteiger partial charge in [0, 0.05) is 35.1 Å². The van der Waals surface area contributed by atoms with Gasteiger partial charge in [-0.3, -0.25) is 4.79 Å². The third-order valence-corrected chi connectivity index (χ3v) is 6.35. The summed E-state index contributed by atoms with van der Waals surface area (Å²) in [5, 5.41) is 5.22. The van der Waals surface area contributed by atoms with Gasteiger partial charge >= 0.3 is 11.7 Å². The molecule has 0 unspecified atom stereocenters. The maximum Gasteiger partial charge on any atom is 0.365 e. The number of benzene rings is 2. The smallest absolute Gasteiger partial charge is 0.365 e. The van der Waals surface area contributed by atoms with E-state index in [4.69, 9.17) is 16.3 Å². The quantitative estimate of drug-likeness (QED) is 0.321. The van der Waals surface area contributed by atoms with Gasteiger partial charge in [0.2, 0.25) is 0 Å². The SMILES string of the molecule is CCCn1nc2c(-c3cnc(OC)nc3)c(-c3ccc(Cl)cc3)c(=O)n(Cc3ccc(C)cc3)n2c1=O. The van der Waals surface area contributed by atoms with Crippen LogP contribution in [0.15, 0.2) is 70.5 Å². The fourth-order valence-electron chi connectivity index (χ4n) is 4.29. The van der Waals surface area contributed by atoms with E-state index in [0.717, 1.165) is 11.1 Å². The van der Waals surface area contributed by atoms with E-state index >= 15 is 0 Å². The van der Waals surface area contributed by atoms with Crippen molar-refractivity contribution in [3.8, 4) is 28.3 Å². The lowest BCUT2D eigenvalue weighted by atomic mass is 9.98. The summed E-state index contributed by atoms with van der Waals surface area (Å²) in [6.07, 6.45) is 3.83. The number of nitrogens with zero attached hydrogens (tertiary/aromatic N) is 6. The molecule has 0 N–H and O–H groups in total. The molecule has 0 aliphatic carbocycles. The molecule has 0 saturated heterocycles. The van der Waals surface area contributed by atoms with E-state index in [1.165, 1.54) is 21.0 Å². The van der Waals surface area contributed by atoms with E-state index in [-0.39, 0.29) is 23.8 Å². The van der Waals surface area contributed by atoms with E-state index in [0.29, 0.717) is 45.9 Å². The van der Waals surface area contributed by atoms with Crippen LogP contribution in [-0.4, -0.2) is 36.1 Å². The molecule has 37 heavy (non-hydrogen) atoms. The molecule has 0 atom stereocenters. The minimum absolute atomic E-state index is 0.188. The van der Waals surface area contributed by atoms with Gasteiger partial charge < -0.3 is 4.74 Å². The average Bonchev–Trinajstić information content (AvgIpc) is 3.23. The highest BCUT2D eigenvalue weighted by molar-refractivity contribution is 6.30. The predicted octanol–water partition coefficient (Wildman–Crippen LogP) is 4.21. The van der Waals surface area contributed by atoms with E-state index in [9.17, 15) is 9.59 Å². The monoisotopic (exact) mass is 516 g/mol. The zero-order valence-electron chi connectivity index (χ0n) is 20.7. The molecule has 188 valence electrons. The third-order valence-electron chi connectivity index (χ3n) is 6.10. The second-order valence-corrected chi connectivity index (χ2v) is 9.14. The van der Waals surface area contributed by atoms with E-state index in [1.54, 1.807) is 36.7 Å². The first-order valence-corrected chi connectivity index (χ1v) is 12.2. The fraction of sp³-hybridized carbons (Fsp3) is 0.222. The average molecular weight is 517 g/mol. The van der Waals surface area contributed by atoms with E-state index in [2.05, 4.69) is 15.1 Å². The van der Waals surface area contributed by atoms with Crippen LogP contribution in [0, 0.1) is 6.92 Å². The highest BCUT2D eigenvalue weighted by Gasteiger charge is 2.25. The molecule has 2 aromatic carbocycles. The Labute approximate surface area is 217 Å². The lowest BCUT2D eigenvalue weighted by Crippen LogP contribution is -2.35. The summed E-state index contributed by atoms with van der Waals surface area (Å²) >= 11 is 6.16. The molecule has 9 nitrogen and oxygen atoms in total. The van der Waals surface area contributed by atoms with Crippen LogP contribution in [0.3, 0.4) is 0 Å². The zero-order chi connectivity index (χ0) is 26.1. The van der Waals surface area contributed by atoms with Crippen molar-refractivity contribution in [2.75, 3.05) is 7.11 Å². The molecular weight excluding hydrogens is 492 g/mol. The van der Waals surface area contributed by atoms with Crippen LogP contribution in [-0.2, 0) is 13.1 Å². The van der Waals surface area contributed by atoms with Gasteiger partial charge in [-0.1, -0.05) is 60.5 Å². The summed E-state index contributed by atoms with van der Waals surface area (Å²) in [6, 6.07) is 15.0. The van der Waals surface area contributed by atoms with Crippen LogP contribution >= 0.6 is 11.6 Å². The van der Waals surface area contributed by atoms with Crippen molar-refractivity contribution in [1.82, 2.24) is 28.9 Å². The normalized spacial score (nSPS) is 11.2. The van der Waals surface area contributed by atoms with Gasteiger partial charge in [0.25, 0.3) is 5.56 Å². The number of halogens is 1. The largest absolute Gasteiger partial charge is 0.467 e. The van der Waals surface area contributed by atoms with Crippen molar-refractivity contribution in [3.05, 3.63) is 97.9 Å². The maximum atomic E-state index is 14.2. The molecule has 0 saturated carbocycles. The molecule has 5 aromatic rings. The summed E-state index contributed by atoms with van der Waals surface area (Å²) in [4.78, 5) is 36.3. The highest BCUT2D eigenvalue weighted by atomic mass is 35.5. The van der Waals surface area contributed by atoms with Crippen molar-refractivity contribution in [3.63, 3.8) is 0 Å². The van der Waals surface area contributed by atoms with Gasteiger partial charge in [0.15, 0.2) is 5.65 Å². The predicted molar refractivity (Wildman–Crippen MR) is 142 cm³/mol. The first-order chi connectivity index (χ1) is 17.9. The molecule has 0 aliphatic heterocycles. The summed E-state index contributed by atoms with van der Waals surface area (Å²) in [7, 11) is 1.48. The topological polar surface area (TPSA) is 96.3 Å². The molecule has 5 rings (SSSR count). The second kappa shape index (κ2) is 10.0. The Balaban J connectivity index is 1.90. The zero-order valence-corrected chi connectivity index (χ0v) is 21.4. The first-order valence-electron chi connectivity index (χ1n) is 11.9. The van der Waals surface area contributed by atoms with Crippen molar-refractivity contribution >= 4 is 17.2 Å². The summed E-state index contributed by atoms with van der Waals surface area (Å²) < 4.78 is 9.31. The van der Waals surface area contributed by atoms with Crippen molar-refractivity contribution in [1.29, 1.82) is 0 Å². The van der Waals surface area contributed by atoms with Crippen molar-refractivity contribution in [2.45, 2.75) is 33.4 Å². The molecule has 0 radical (unpaired) electrons. The number of hydrogen-bond donors (Lipinski definition) is 0. The Bertz CT molecular complexity index is 1690. The molecule has 0 fully saturated rings. The van der Waals surface area contributed by atoms with E-state index in [1.807, 2.05) is 38.1 Å². The standard InChI is InChI=1S/C27H25ClN6O3/c1-4-13-32-27(36)34-24(31-32)22(20-14-29-26(37-3)30-15-20)23(19-9-11-21(28)12-10-19)25(35)33(34)16-18-7-5-17(2)6-8-18/h5-12,14-15H,4,13,16H2,1-3H3. The van der Waals surface area contributed by atoms with Gasteiger partial charge in [0.05, 0.1) is 19.2 Å². The Morgan fingerprint density at radius 2 is 1.59 bits per heavy atom. The molecule has 3 aromatic heterocycles. The van der Waals surface area contributed by atoms with Crippen LogP contribution in [0.2, 0.25) is 5.02 Å². The molecule has 3 heterocycles. The molecule has 0 aliphatic rings.